The molecule has 0 aliphatic heterocycles. The van der Waals surface area contributed by atoms with Crippen molar-refractivity contribution in [3.63, 3.8) is 0 Å². The van der Waals surface area contributed by atoms with Crippen molar-refractivity contribution in [3.8, 4) is 0 Å². The number of benzene rings is 2. The van der Waals surface area contributed by atoms with Crippen LogP contribution < -0.4 is 16.4 Å². The Kier molecular flexibility index (Phi) is 5.39. The van der Waals surface area contributed by atoms with E-state index in [1.54, 1.807) is 36.4 Å². The molecule has 0 saturated heterocycles. The first-order chi connectivity index (χ1) is 12.0. The lowest BCUT2D eigenvalue weighted by atomic mass is 10.3. The minimum atomic E-state index is 0.287. The molecule has 2 aromatic carbocycles. The Balaban J connectivity index is 1.92. The van der Waals surface area contributed by atoms with Gasteiger partial charge in [0.15, 0.2) is 11.6 Å². The van der Waals surface area contributed by atoms with Crippen molar-refractivity contribution in [2.45, 2.75) is 0 Å². The van der Waals surface area contributed by atoms with Crippen LogP contribution >= 0.6 is 46.4 Å². The summed E-state index contributed by atoms with van der Waals surface area (Å²) < 4.78 is 0. The normalized spacial score (nSPS) is 10.6. The van der Waals surface area contributed by atoms with Crippen LogP contribution in [0.2, 0.25) is 20.1 Å². The zero-order chi connectivity index (χ0) is 18.0. The maximum Gasteiger partial charge on any atom is 0.159 e. The molecule has 5 nitrogen and oxygen atoms in total. The van der Waals surface area contributed by atoms with Gasteiger partial charge in [-0.3, -0.25) is 0 Å². The molecular weight excluding hydrogens is 404 g/mol. The van der Waals surface area contributed by atoms with Gasteiger partial charge < -0.3 is 16.4 Å². The first kappa shape index (κ1) is 17.9. The fourth-order valence-electron chi connectivity index (χ4n) is 2.04. The summed E-state index contributed by atoms with van der Waals surface area (Å²) in [6.45, 7) is 0. The average Bonchev–Trinajstić information content (AvgIpc) is 2.58. The number of nitrogen functional groups attached to an aromatic ring is 1. The van der Waals surface area contributed by atoms with Crippen molar-refractivity contribution in [2.75, 3.05) is 16.4 Å². The molecule has 0 spiro atoms. The van der Waals surface area contributed by atoms with Crippen molar-refractivity contribution in [1.29, 1.82) is 0 Å². The highest BCUT2D eigenvalue weighted by Crippen LogP contribution is 2.35. The Morgan fingerprint density at radius 2 is 1.48 bits per heavy atom. The molecule has 0 fully saturated rings. The number of nitrogens with zero attached hydrogens (tertiary/aromatic N) is 2. The van der Waals surface area contributed by atoms with Gasteiger partial charge in [0, 0.05) is 5.02 Å². The van der Waals surface area contributed by atoms with Crippen molar-refractivity contribution in [1.82, 2.24) is 9.97 Å². The summed E-state index contributed by atoms with van der Waals surface area (Å²) in [6.07, 6.45) is 1.36. The van der Waals surface area contributed by atoms with Gasteiger partial charge in [-0.2, -0.15) is 0 Å². The number of anilines is 5. The van der Waals surface area contributed by atoms with E-state index in [9.17, 15) is 0 Å². The van der Waals surface area contributed by atoms with E-state index in [-0.39, 0.29) is 5.69 Å². The maximum atomic E-state index is 6.18. The van der Waals surface area contributed by atoms with Crippen molar-refractivity contribution in [2.24, 2.45) is 0 Å². The van der Waals surface area contributed by atoms with Gasteiger partial charge in [0.2, 0.25) is 0 Å². The van der Waals surface area contributed by atoms with Crippen LogP contribution in [-0.4, -0.2) is 9.97 Å². The minimum Gasteiger partial charge on any atom is -0.393 e. The number of hydrogen-bond acceptors (Lipinski definition) is 5. The van der Waals surface area contributed by atoms with Crippen LogP contribution in [0.15, 0.2) is 42.7 Å². The van der Waals surface area contributed by atoms with E-state index < -0.39 is 0 Å². The molecule has 0 atom stereocenters. The van der Waals surface area contributed by atoms with Gasteiger partial charge in [-0.05, 0) is 30.3 Å². The molecule has 0 bridgehead atoms. The summed E-state index contributed by atoms with van der Waals surface area (Å²) in [7, 11) is 0. The summed E-state index contributed by atoms with van der Waals surface area (Å²) in [4.78, 5) is 8.28. The molecular formula is C16H11Cl4N5. The van der Waals surface area contributed by atoms with E-state index in [4.69, 9.17) is 52.1 Å². The second-order valence-electron chi connectivity index (χ2n) is 4.96. The van der Waals surface area contributed by atoms with Crippen LogP contribution in [0.25, 0.3) is 0 Å². The molecule has 9 heteroatoms. The van der Waals surface area contributed by atoms with E-state index in [1.807, 2.05) is 0 Å². The fourth-order valence-corrected chi connectivity index (χ4v) is 2.73. The number of nitrogens with one attached hydrogen (secondary N) is 2. The first-order valence-corrected chi connectivity index (χ1v) is 8.50. The van der Waals surface area contributed by atoms with Gasteiger partial charge in [-0.25, -0.2) is 9.97 Å². The highest BCUT2D eigenvalue weighted by Gasteiger charge is 2.12. The fraction of sp³-hybridized carbons (Fsp3) is 0. The van der Waals surface area contributed by atoms with Crippen LogP contribution in [0.4, 0.5) is 28.7 Å². The second-order valence-corrected chi connectivity index (χ2v) is 6.59. The SMILES string of the molecule is Nc1c(Nc2cc(Cl)ccc2Cl)ncnc1Nc1cccc(Cl)c1Cl. The molecule has 1 aromatic heterocycles. The molecule has 0 unspecified atom stereocenters. The van der Waals surface area contributed by atoms with E-state index >= 15 is 0 Å². The zero-order valence-electron chi connectivity index (χ0n) is 12.5. The molecule has 0 radical (unpaired) electrons. The van der Waals surface area contributed by atoms with Gasteiger partial charge in [0.25, 0.3) is 0 Å². The van der Waals surface area contributed by atoms with E-state index in [1.165, 1.54) is 6.33 Å². The van der Waals surface area contributed by atoms with Gasteiger partial charge in [0.05, 0.1) is 26.4 Å². The Labute approximate surface area is 164 Å². The lowest BCUT2D eigenvalue weighted by molar-refractivity contribution is 1.17. The molecule has 0 aliphatic carbocycles. The van der Waals surface area contributed by atoms with Gasteiger partial charge in [-0.1, -0.05) is 52.5 Å². The van der Waals surface area contributed by atoms with Crippen LogP contribution in [0.3, 0.4) is 0 Å². The second kappa shape index (κ2) is 7.54. The highest BCUT2D eigenvalue weighted by molar-refractivity contribution is 6.43. The Morgan fingerprint density at radius 3 is 2.20 bits per heavy atom. The minimum absolute atomic E-state index is 0.287. The highest BCUT2D eigenvalue weighted by atomic mass is 35.5. The Hall–Kier alpha value is -1.92. The van der Waals surface area contributed by atoms with Crippen molar-refractivity contribution < 1.29 is 0 Å². The summed E-state index contributed by atoms with van der Waals surface area (Å²) in [5, 5.41) is 7.89. The standard InChI is InChI=1S/C16H11Cl4N5/c17-8-4-5-9(18)12(6-8)25-16-14(21)15(22-7-23-16)24-11-3-1-2-10(19)13(11)20/h1-7H,21H2,(H2,22,23,24,25). The Morgan fingerprint density at radius 1 is 0.800 bits per heavy atom. The maximum absolute atomic E-state index is 6.18. The summed E-state index contributed by atoms with van der Waals surface area (Å²) in [5.41, 5.74) is 7.59. The quantitative estimate of drug-likeness (QED) is 0.476. The zero-order valence-corrected chi connectivity index (χ0v) is 15.5. The van der Waals surface area contributed by atoms with Gasteiger partial charge in [0.1, 0.15) is 12.0 Å². The topological polar surface area (TPSA) is 75.9 Å². The predicted molar refractivity (Wildman–Crippen MR) is 106 cm³/mol. The molecule has 0 aliphatic rings. The van der Waals surface area contributed by atoms with Gasteiger partial charge in [-0.15, -0.1) is 0 Å². The third-order valence-electron chi connectivity index (χ3n) is 3.27. The lowest BCUT2D eigenvalue weighted by Crippen LogP contribution is -2.05. The summed E-state index contributed by atoms with van der Waals surface area (Å²) >= 11 is 24.3. The molecule has 0 amide bonds. The van der Waals surface area contributed by atoms with E-state index in [0.29, 0.717) is 43.1 Å². The third kappa shape index (κ3) is 4.02. The number of halogens is 4. The third-order valence-corrected chi connectivity index (χ3v) is 4.65. The summed E-state index contributed by atoms with van der Waals surface area (Å²) in [6, 6.07) is 10.2. The molecule has 128 valence electrons. The number of rotatable bonds is 4. The first-order valence-electron chi connectivity index (χ1n) is 6.99. The number of hydrogen-bond donors (Lipinski definition) is 3. The van der Waals surface area contributed by atoms with Crippen LogP contribution in [-0.2, 0) is 0 Å². The molecule has 3 rings (SSSR count). The number of aromatic nitrogens is 2. The Bertz CT molecular complexity index is 910. The monoisotopic (exact) mass is 413 g/mol. The number of nitrogens with two attached hydrogens (primary N) is 1. The van der Waals surface area contributed by atoms with E-state index in [2.05, 4.69) is 20.6 Å². The van der Waals surface area contributed by atoms with Gasteiger partial charge >= 0.3 is 0 Å². The molecule has 25 heavy (non-hydrogen) atoms. The largest absolute Gasteiger partial charge is 0.393 e. The average molecular weight is 415 g/mol. The van der Waals surface area contributed by atoms with Crippen LogP contribution in [0.5, 0.6) is 0 Å². The molecule has 4 N–H and O–H groups in total. The van der Waals surface area contributed by atoms with E-state index in [0.717, 1.165) is 0 Å². The van der Waals surface area contributed by atoms with Crippen LogP contribution in [0, 0.1) is 0 Å². The van der Waals surface area contributed by atoms with Crippen molar-refractivity contribution >= 4 is 75.1 Å². The lowest BCUT2D eigenvalue weighted by Gasteiger charge is -2.14. The predicted octanol–water partition coefficient (Wildman–Crippen LogP) is 6.16. The molecule has 1 heterocycles. The molecule has 0 saturated carbocycles. The van der Waals surface area contributed by atoms with Crippen molar-refractivity contribution in [3.05, 3.63) is 62.8 Å². The smallest absolute Gasteiger partial charge is 0.159 e. The van der Waals surface area contributed by atoms with Crippen LogP contribution in [0.1, 0.15) is 0 Å². The summed E-state index contributed by atoms with van der Waals surface area (Å²) in [5.74, 6) is 0.750. The molecule has 3 aromatic rings.